The Morgan fingerprint density at radius 1 is 1.12 bits per heavy atom. The fourth-order valence-corrected chi connectivity index (χ4v) is 4.87. The number of nitrogens with zero attached hydrogens (tertiary/aromatic N) is 3. The van der Waals surface area contributed by atoms with Crippen molar-refractivity contribution in [3.63, 3.8) is 0 Å². The molecule has 0 bridgehead atoms. The SMILES string of the molecule is CC(=O)Nc1ccc(C=CC(=O)NCC(=O)N(C)c2ccc(Cl)c(COc3cccn4c(Br)c(C)nc34)c2Cl)cc1.Cl. The molecule has 42 heavy (non-hydrogen) atoms. The second-order valence-corrected chi connectivity index (χ2v) is 10.5. The molecule has 9 nitrogen and oxygen atoms in total. The topological polar surface area (TPSA) is 105 Å². The minimum absolute atomic E-state index is 0. The summed E-state index contributed by atoms with van der Waals surface area (Å²) in [5.41, 5.74) is 3.79. The minimum atomic E-state index is -0.441. The number of aryl methyl sites for hydroxylation is 1. The van der Waals surface area contributed by atoms with Gasteiger partial charge in [-0.05, 0) is 70.9 Å². The van der Waals surface area contributed by atoms with Gasteiger partial charge in [0.05, 0.1) is 22.9 Å². The predicted molar refractivity (Wildman–Crippen MR) is 172 cm³/mol. The molecule has 3 amide bonds. The molecular weight excluding hydrogens is 669 g/mol. The summed E-state index contributed by atoms with van der Waals surface area (Å²) < 4.78 is 8.73. The van der Waals surface area contributed by atoms with E-state index >= 15 is 0 Å². The van der Waals surface area contributed by atoms with E-state index in [9.17, 15) is 14.4 Å². The van der Waals surface area contributed by atoms with Crippen LogP contribution in [0.5, 0.6) is 5.75 Å². The lowest BCUT2D eigenvalue weighted by atomic mass is 10.2. The Hall–Kier alpha value is -3.57. The molecule has 0 aliphatic rings. The highest BCUT2D eigenvalue weighted by Gasteiger charge is 2.20. The molecule has 0 radical (unpaired) electrons. The second kappa shape index (κ2) is 14.6. The van der Waals surface area contributed by atoms with Gasteiger partial charge in [0, 0.05) is 42.5 Å². The summed E-state index contributed by atoms with van der Waals surface area (Å²) in [5, 5.41) is 5.89. The van der Waals surface area contributed by atoms with E-state index in [0.29, 0.717) is 33.4 Å². The van der Waals surface area contributed by atoms with E-state index in [1.54, 1.807) is 55.6 Å². The Morgan fingerprint density at radius 3 is 2.52 bits per heavy atom. The normalized spacial score (nSPS) is 10.8. The van der Waals surface area contributed by atoms with Crippen molar-refractivity contribution >= 4 is 92.4 Å². The van der Waals surface area contributed by atoms with Crippen LogP contribution in [0.3, 0.4) is 0 Å². The molecule has 0 aliphatic heterocycles. The van der Waals surface area contributed by atoms with Crippen LogP contribution >= 0.6 is 51.5 Å². The van der Waals surface area contributed by atoms with Crippen LogP contribution in [0.15, 0.2) is 65.4 Å². The number of rotatable bonds is 9. The van der Waals surface area contributed by atoms with Crippen molar-refractivity contribution in [2.75, 3.05) is 23.8 Å². The molecule has 2 aromatic carbocycles. The molecule has 4 rings (SSSR count). The highest BCUT2D eigenvalue weighted by molar-refractivity contribution is 9.10. The Morgan fingerprint density at radius 2 is 1.83 bits per heavy atom. The quantitative estimate of drug-likeness (QED) is 0.196. The van der Waals surface area contributed by atoms with Gasteiger partial charge in [-0.25, -0.2) is 4.98 Å². The van der Waals surface area contributed by atoms with Crippen molar-refractivity contribution in [3.8, 4) is 5.75 Å². The molecule has 4 aromatic rings. The number of ether oxygens (including phenoxy) is 1. The van der Waals surface area contributed by atoms with Crippen LogP contribution in [-0.4, -0.2) is 40.7 Å². The van der Waals surface area contributed by atoms with Crippen LogP contribution in [0.2, 0.25) is 10.0 Å². The maximum atomic E-state index is 12.9. The fraction of sp³-hybridized carbons (Fsp3) is 0.172. The third-order valence-corrected chi connectivity index (χ3v) is 7.79. The molecule has 0 unspecified atom stereocenters. The average molecular weight is 696 g/mol. The largest absolute Gasteiger partial charge is 0.485 e. The number of benzene rings is 2. The lowest BCUT2D eigenvalue weighted by Crippen LogP contribution is -2.37. The number of pyridine rings is 1. The Kier molecular flexibility index (Phi) is 11.4. The van der Waals surface area contributed by atoms with Crippen LogP contribution in [-0.2, 0) is 21.0 Å². The number of carbonyl (C=O) groups excluding carboxylic acids is 3. The van der Waals surface area contributed by atoms with Crippen LogP contribution in [0, 0.1) is 6.92 Å². The van der Waals surface area contributed by atoms with Crippen LogP contribution in [0.25, 0.3) is 11.7 Å². The van der Waals surface area contributed by atoms with Gasteiger partial charge in [-0.15, -0.1) is 12.4 Å². The summed E-state index contributed by atoms with van der Waals surface area (Å²) >= 11 is 16.6. The molecule has 0 atom stereocenters. The average Bonchev–Trinajstić information content (AvgIpc) is 3.24. The number of aromatic nitrogens is 2. The Bertz CT molecular complexity index is 1660. The van der Waals surface area contributed by atoms with E-state index in [4.69, 9.17) is 27.9 Å². The molecule has 2 heterocycles. The zero-order chi connectivity index (χ0) is 29.7. The van der Waals surface area contributed by atoms with Crippen molar-refractivity contribution in [1.82, 2.24) is 14.7 Å². The third-order valence-electron chi connectivity index (χ3n) is 6.06. The van der Waals surface area contributed by atoms with E-state index in [-0.39, 0.29) is 42.4 Å². The summed E-state index contributed by atoms with van der Waals surface area (Å²) in [4.78, 5) is 42.2. The highest BCUT2D eigenvalue weighted by Crippen LogP contribution is 2.35. The van der Waals surface area contributed by atoms with E-state index in [1.165, 1.54) is 17.9 Å². The Labute approximate surface area is 267 Å². The summed E-state index contributed by atoms with van der Waals surface area (Å²) in [6.45, 7) is 3.11. The van der Waals surface area contributed by atoms with Gasteiger partial charge in [-0.1, -0.05) is 35.3 Å². The number of anilines is 2. The van der Waals surface area contributed by atoms with Gasteiger partial charge in [0.15, 0.2) is 11.4 Å². The zero-order valence-electron chi connectivity index (χ0n) is 22.8. The number of halogens is 4. The Balaban J connectivity index is 0.00000484. The highest BCUT2D eigenvalue weighted by atomic mass is 79.9. The smallest absolute Gasteiger partial charge is 0.246 e. The molecule has 220 valence electrons. The van der Waals surface area contributed by atoms with Gasteiger partial charge in [0.1, 0.15) is 11.2 Å². The predicted octanol–water partition coefficient (Wildman–Crippen LogP) is 6.46. The van der Waals surface area contributed by atoms with Crippen LogP contribution in [0.4, 0.5) is 11.4 Å². The van der Waals surface area contributed by atoms with Gasteiger partial charge >= 0.3 is 0 Å². The summed E-state index contributed by atoms with van der Waals surface area (Å²) in [7, 11) is 1.56. The standard InChI is InChI=1S/C29H26BrCl2N5O4.ClH/c1-17-28(30)37-14-4-5-24(29(37)34-17)41-16-21-22(31)11-12-23(27(21)32)36(3)26(40)15-33-25(39)13-8-19-6-9-20(10-7-19)35-18(2)38;/h4-14H,15-16H2,1-3H3,(H,33,39)(H,35,38);1H. The van der Waals surface area contributed by atoms with Gasteiger partial charge in [-0.2, -0.15) is 0 Å². The van der Waals surface area contributed by atoms with Crippen molar-refractivity contribution in [3.05, 3.63) is 92.3 Å². The second-order valence-electron chi connectivity index (χ2n) is 9.01. The summed E-state index contributed by atoms with van der Waals surface area (Å²) in [6, 6.07) is 13.9. The van der Waals surface area contributed by atoms with Crippen molar-refractivity contribution in [2.45, 2.75) is 20.5 Å². The number of fused-ring (bicyclic) bond motifs is 1. The first-order valence-electron chi connectivity index (χ1n) is 12.4. The molecular formula is C29H27BrCl3N5O4. The van der Waals surface area contributed by atoms with Crippen molar-refractivity contribution in [1.29, 1.82) is 0 Å². The van der Waals surface area contributed by atoms with E-state index < -0.39 is 5.91 Å². The number of likely N-dealkylation sites (N-methyl/N-ethyl adjacent to an activating group) is 1. The molecule has 0 saturated carbocycles. The minimum Gasteiger partial charge on any atom is -0.485 e. The maximum Gasteiger partial charge on any atom is 0.246 e. The molecule has 13 heteroatoms. The van der Waals surface area contributed by atoms with E-state index in [0.717, 1.165) is 15.9 Å². The van der Waals surface area contributed by atoms with Gasteiger partial charge < -0.3 is 20.3 Å². The molecule has 0 saturated heterocycles. The van der Waals surface area contributed by atoms with Gasteiger partial charge in [0.2, 0.25) is 17.7 Å². The van der Waals surface area contributed by atoms with Crippen molar-refractivity contribution < 1.29 is 19.1 Å². The van der Waals surface area contributed by atoms with Crippen LogP contribution in [0.1, 0.15) is 23.7 Å². The van der Waals surface area contributed by atoms with Gasteiger partial charge in [-0.3, -0.25) is 18.8 Å². The number of imidazole rings is 1. The molecule has 0 fully saturated rings. The molecule has 2 N–H and O–H groups in total. The number of amides is 3. The van der Waals surface area contributed by atoms with Gasteiger partial charge in [0.25, 0.3) is 0 Å². The molecule has 0 aliphatic carbocycles. The first kappa shape index (κ1) is 32.9. The van der Waals surface area contributed by atoms with E-state index in [1.807, 2.05) is 23.6 Å². The lowest BCUT2D eigenvalue weighted by Gasteiger charge is -2.21. The first-order chi connectivity index (χ1) is 19.5. The van der Waals surface area contributed by atoms with E-state index in [2.05, 4.69) is 31.5 Å². The monoisotopic (exact) mass is 693 g/mol. The van der Waals surface area contributed by atoms with Crippen LogP contribution < -0.4 is 20.3 Å². The third kappa shape index (κ3) is 7.83. The number of hydrogen-bond donors (Lipinski definition) is 2. The maximum absolute atomic E-state index is 12.9. The summed E-state index contributed by atoms with van der Waals surface area (Å²) in [5.74, 6) is -0.449. The first-order valence-corrected chi connectivity index (χ1v) is 13.9. The lowest BCUT2D eigenvalue weighted by molar-refractivity contribution is -0.122. The fourth-order valence-electron chi connectivity index (χ4n) is 3.89. The summed E-state index contributed by atoms with van der Waals surface area (Å²) in [6.07, 6.45) is 4.80. The number of nitrogens with one attached hydrogen (secondary N) is 2. The number of hydrogen-bond acceptors (Lipinski definition) is 5. The number of carbonyl (C=O) groups is 3. The van der Waals surface area contributed by atoms with Crippen molar-refractivity contribution in [2.24, 2.45) is 0 Å². The molecule has 0 spiro atoms. The molecule has 2 aromatic heterocycles. The zero-order valence-corrected chi connectivity index (χ0v) is 26.7.